The monoisotopic (exact) mass is 269 g/mol. The molecule has 2 rings (SSSR count). The summed E-state index contributed by atoms with van der Waals surface area (Å²) in [6.45, 7) is -0.810. The Bertz CT molecular complexity index is 617. The van der Waals surface area contributed by atoms with Gasteiger partial charge in [0.25, 0.3) is 11.5 Å². The van der Waals surface area contributed by atoms with Crippen molar-refractivity contribution in [3.8, 4) is 0 Å². The van der Waals surface area contributed by atoms with Crippen LogP contribution in [0.3, 0.4) is 0 Å². The summed E-state index contributed by atoms with van der Waals surface area (Å²) >= 11 is 1.28. The number of thiazole rings is 1. The van der Waals surface area contributed by atoms with Gasteiger partial charge in [-0.1, -0.05) is 0 Å². The van der Waals surface area contributed by atoms with Crippen molar-refractivity contribution in [1.29, 1.82) is 0 Å². The molecule has 0 aliphatic heterocycles. The van der Waals surface area contributed by atoms with Gasteiger partial charge in [-0.3, -0.25) is 14.0 Å². The normalized spacial score (nSPS) is 11.1. The smallest absolute Gasteiger partial charge is 0.271 e. The van der Waals surface area contributed by atoms with Crippen LogP contribution in [0.5, 0.6) is 0 Å². The van der Waals surface area contributed by atoms with E-state index in [4.69, 9.17) is 10.2 Å². The molecule has 0 bridgehead atoms. The van der Waals surface area contributed by atoms with Gasteiger partial charge in [0.05, 0.1) is 19.3 Å². The number of nitrogens with zero attached hydrogens (tertiary/aromatic N) is 2. The molecule has 2 aromatic heterocycles. The average molecular weight is 269 g/mol. The molecule has 2 aromatic rings. The number of carbonyl (C=O) groups is 1. The Morgan fingerprint density at radius 3 is 2.89 bits per heavy atom. The molecule has 0 aliphatic carbocycles. The number of fused-ring (bicyclic) bond motifs is 1. The fraction of sp³-hybridized carbons (Fsp3) is 0.300. The Morgan fingerprint density at radius 2 is 2.22 bits per heavy atom. The summed E-state index contributed by atoms with van der Waals surface area (Å²) < 4.78 is 1.27. The molecule has 8 heteroatoms. The highest BCUT2D eigenvalue weighted by atomic mass is 32.1. The first-order valence-corrected chi connectivity index (χ1v) is 6.02. The SMILES string of the molecule is O=C(NC(CO)CO)c1cnc2sccn2c1=O. The summed E-state index contributed by atoms with van der Waals surface area (Å²) in [5, 5.41) is 21.7. The molecule has 18 heavy (non-hydrogen) atoms. The van der Waals surface area contributed by atoms with Gasteiger partial charge in [-0.25, -0.2) is 4.98 Å². The van der Waals surface area contributed by atoms with Gasteiger partial charge in [0.1, 0.15) is 5.56 Å². The van der Waals surface area contributed by atoms with Crippen LogP contribution in [0.15, 0.2) is 22.6 Å². The maximum atomic E-state index is 11.9. The molecule has 0 saturated heterocycles. The van der Waals surface area contributed by atoms with Gasteiger partial charge in [0, 0.05) is 17.8 Å². The molecule has 2 heterocycles. The van der Waals surface area contributed by atoms with Crippen LogP contribution in [0.2, 0.25) is 0 Å². The highest BCUT2D eigenvalue weighted by Gasteiger charge is 2.16. The molecule has 7 nitrogen and oxygen atoms in total. The minimum Gasteiger partial charge on any atom is -0.394 e. The molecule has 1 amide bonds. The Balaban J connectivity index is 2.33. The van der Waals surface area contributed by atoms with Crippen molar-refractivity contribution < 1.29 is 15.0 Å². The first kappa shape index (κ1) is 12.7. The Morgan fingerprint density at radius 1 is 1.50 bits per heavy atom. The number of amides is 1. The summed E-state index contributed by atoms with van der Waals surface area (Å²) in [5.41, 5.74) is -0.605. The molecular weight excluding hydrogens is 258 g/mol. The van der Waals surface area contributed by atoms with Gasteiger partial charge in [-0.2, -0.15) is 0 Å². The van der Waals surface area contributed by atoms with Crippen molar-refractivity contribution >= 4 is 22.2 Å². The van der Waals surface area contributed by atoms with Crippen LogP contribution in [0.1, 0.15) is 10.4 Å². The molecule has 0 aromatic carbocycles. The van der Waals surface area contributed by atoms with Crippen LogP contribution in [0.25, 0.3) is 4.96 Å². The van der Waals surface area contributed by atoms with E-state index >= 15 is 0 Å². The molecule has 0 fully saturated rings. The van der Waals surface area contributed by atoms with E-state index in [1.54, 1.807) is 5.38 Å². The molecule has 0 spiro atoms. The quantitative estimate of drug-likeness (QED) is 0.649. The zero-order valence-electron chi connectivity index (χ0n) is 9.24. The average Bonchev–Trinajstić information content (AvgIpc) is 2.85. The lowest BCUT2D eigenvalue weighted by molar-refractivity contribution is 0.0877. The third-order valence-corrected chi connectivity index (χ3v) is 3.13. The summed E-state index contributed by atoms with van der Waals surface area (Å²) in [6, 6.07) is -0.792. The van der Waals surface area contributed by atoms with Crippen molar-refractivity contribution in [1.82, 2.24) is 14.7 Å². The number of aliphatic hydroxyl groups is 2. The predicted octanol–water partition coefficient (Wildman–Crippen LogP) is -1.16. The topological polar surface area (TPSA) is 104 Å². The highest BCUT2D eigenvalue weighted by Crippen LogP contribution is 2.05. The van der Waals surface area contributed by atoms with Crippen LogP contribution >= 0.6 is 11.3 Å². The number of hydrogen-bond acceptors (Lipinski definition) is 6. The van der Waals surface area contributed by atoms with Gasteiger partial charge in [-0.15, -0.1) is 11.3 Å². The van der Waals surface area contributed by atoms with Crippen molar-refractivity contribution in [2.45, 2.75) is 6.04 Å². The van der Waals surface area contributed by atoms with E-state index < -0.39 is 30.7 Å². The van der Waals surface area contributed by atoms with Gasteiger partial charge in [0.2, 0.25) is 0 Å². The first-order chi connectivity index (χ1) is 8.67. The van der Waals surface area contributed by atoms with E-state index in [-0.39, 0.29) is 5.56 Å². The second-order valence-corrected chi connectivity index (χ2v) is 4.44. The van der Waals surface area contributed by atoms with Crippen LogP contribution in [0, 0.1) is 0 Å². The molecular formula is C10H11N3O4S. The van der Waals surface area contributed by atoms with E-state index in [1.165, 1.54) is 28.1 Å². The van der Waals surface area contributed by atoms with Crippen LogP contribution in [-0.4, -0.2) is 44.8 Å². The zero-order chi connectivity index (χ0) is 13.1. The van der Waals surface area contributed by atoms with E-state index in [0.717, 1.165) is 0 Å². The first-order valence-electron chi connectivity index (χ1n) is 5.14. The number of rotatable bonds is 4. The lowest BCUT2D eigenvalue weighted by Gasteiger charge is -2.12. The molecule has 0 atom stereocenters. The molecule has 0 aliphatic rings. The Kier molecular flexibility index (Phi) is 3.70. The van der Waals surface area contributed by atoms with Crippen LogP contribution in [-0.2, 0) is 0 Å². The minimum atomic E-state index is -0.792. The second-order valence-electron chi connectivity index (χ2n) is 3.57. The summed E-state index contributed by atoms with van der Waals surface area (Å²) in [6.07, 6.45) is 2.72. The number of hydrogen-bond donors (Lipinski definition) is 3. The third-order valence-electron chi connectivity index (χ3n) is 2.36. The fourth-order valence-corrected chi connectivity index (χ4v) is 2.07. The molecule has 0 unspecified atom stereocenters. The third kappa shape index (κ3) is 2.26. The standard InChI is InChI=1S/C10H11N3O4S/c14-4-6(5-15)12-8(16)7-3-11-10-13(9(7)17)1-2-18-10/h1-3,6,14-15H,4-5H2,(H,12,16). The number of nitrogens with one attached hydrogen (secondary N) is 1. The lowest BCUT2D eigenvalue weighted by Crippen LogP contribution is -2.42. The van der Waals surface area contributed by atoms with Crippen LogP contribution in [0.4, 0.5) is 0 Å². The van der Waals surface area contributed by atoms with E-state index in [1.807, 2.05) is 0 Å². The summed E-state index contributed by atoms with van der Waals surface area (Å²) in [5.74, 6) is -0.666. The zero-order valence-corrected chi connectivity index (χ0v) is 10.1. The highest BCUT2D eigenvalue weighted by molar-refractivity contribution is 7.15. The van der Waals surface area contributed by atoms with Crippen molar-refractivity contribution in [2.24, 2.45) is 0 Å². The Hall–Kier alpha value is -1.77. The number of aliphatic hydroxyl groups excluding tert-OH is 2. The number of aromatic nitrogens is 2. The van der Waals surface area contributed by atoms with Gasteiger partial charge in [0.15, 0.2) is 4.96 Å². The Labute approximate surface area is 105 Å². The minimum absolute atomic E-state index is 0.127. The fourth-order valence-electron chi connectivity index (χ4n) is 1.39. The van der Waals surface area contributed by atoms with E-state index in [0.29, 0.717) is 4.96 Å². The lowest BCUT2D eigenvalue weighted by atomic mass is 10.2. The largest absolute Gasteiger partial charge is 0.394 e. The predicted molar refractivity (Wildman–Crippen MR) is 64.8 cm³/mol. The van der Waals surface area contributed by atoms with Crippen molar-refractivity contribution in [3.05, 3.63) is 33.7 Å². The van der Waals surface area contributed by atoms with Crippen molar-refractivity contribution in [2.75, 3.05) is 13.2 Å². The second kappa shape index (κ2) is 5.25. The number of carbonyl (C=O) groups excluding carboxylic acids is 1. The molecule has 0 saturated carbocycles. The molecule has 3 N–H and O–H groups in total. The van der Waals surface area contributed by atoms with Gasteiger partial charge >= 0.3 is 0 Å². The van der Waals surface area contributed by atoms with Gasteiger partial charge < -0.3 is 15.5 Å². The van der Waals surface area contributed by atoms with E-state index in [9.17, 15) is 9.59 Å². The summed E-state index contributed by atoms with van der Waals surface area (Å²) in [7, 11) is 0. The van der Waals surface area contributed by atoms with E-state index in [2.05, 4.69) is 10.3 Å². The maximum absolute atomic E-state index is 11.9. The maximum Gasteiger partial charge on any atom is 0.271 e. The molecule has 0 radical (unpaired) electrons. The van der Waals surface area contributed by atoms with Crippen molar-refractivity contribution in [3.63, 3.8) is 0 Å². The van der Waals surface area contributed by atoms with Gasteiger partial charge in [-0.05, 0) is 0 Å². The molecule has 96 valence electrons. The summed E-state index contributed by atoms with van der Waals surface area (Å²) in [4.78, 5) is 28.2. The van der Waals surface area contributed by atoms with Crippen LogP contribution < -0.4 is 10.9 Å².